The van der Waals surface area contributed by atoms with Gasteiger partial charge in [0.05, 0.1) is 5.54 Å². The molecule has 0 aliphatic carbocycles. The molecule has 0 radical (unpaired) electrons. The van der Waals surface area contributed by atoms with E-state index in [-0.39, 0.29) is 18.4 Å². The van der Waals surface area contributed by atoms with Crippen molar-refractivity contribution < 1.29 is 24.2 Å². The molecular formula is C17H20N2O5. The van der Waals surface area contributed by atoms with Crippen LogP contribution in [0, 0.1) is 0 Å². The number of carboxylic acid groups (broad SMARTS) is 1. The van der Waals surface area contributed by atoms with Crippen LogP contribution in [0.5, 0.6) is 0 Å². The van der Waals surface area contributed by atoms with Crippen molar-refractivity contribution in [1.29, 1.82) is 0 Å². The number of nitrogens with zero attached hydrogens (tertiary/aromatic N) is 1. The number of aliphatic carboxylic acids is 1. The molecule has 7 heteroatoms. The maximum atomic E-state index is 12.2. The first-order valence-corrected chi connectivity index (χ1v) is 8.02. The van der Waals surface area contributed by atoms with Crippen LogP contribution < -0.4 is 5.32 Å². The van der Waals surface area contributed by atoms with E-state index >= 15 is 0 Å². The summed E-state index contributed by atoms with van der Waals surface area (Å²) in [6.07, 6.45) is 1.45. The summed E-state index contributed by atoms with van der Waals surface area (Å²) < 4.78 is 4.74. The van der Waals surface area contributed by atoms with Crippen molar-refractivity contribution in [2.24, 2.45) is 0 Å². The Bertz CT molecular complexity index is 638. The van der Waals surface area contributed by atoms with Crippen molar-refractivity contribution in [2.75, 3.05) is 13.2 Å². The highest BCUT2D eigenvalue weighted by molar-refractivity contribution is 5.95. The first kappa shape index (κ1) is 16.4. The zero-order valence-electron chi connectivity index (χ0n) is 13.2. The van der Waals surface area contributed by atoms with Crippen molar-refractivity contribution in [3.05, 3.63) is 35.9 Å². The highest BCUT2D eigenvalue weighted by Crippen LogP contribution is 2.40. The predicted octanol–water partition coefficient (Wildman–Crippen LogP) is 1.69. The molecule has 2 atom stereocenters. The van der Waals surface area contributed by atoms with E-state index in [1.54, 1.807) is 0 Å². The first-order chi connectivity index (χ1) is 11.5. The minimum atomic E-state index is -1.24. The molecule has 2 fully saturated rings. The minimum Gasteiger partial charge on any atom is -0.479 e. The minimum absolute atomic E-state index is 0.185. The molecule has 3 rings (SSSR count). The molecule has 2 saturated heterocycles. The molecule has 1 aromatic carbocycles. The molecule has 2 heterocycles. The summed E-state index contributed by atoms with van der Waals surface area (Å²) in [6.45, 7) is -0.251. The first-order valence-electron chi connectivity index (χ1n) is 8.02. The number of ether oxygens (including phenoxy) is 1. The normalized spacial score (nSPS) is 26.6. The van der Waals surface area contributed by atoms with Crippen LogP contribution in [-0.2, 0) is 14.3 Å². The fraction of sp³-hybridized carbons (Fsp3) is 0.471. The molecule has 24 heavy (non-hydrogen) atoms. The summed E-state index contributed by atoms with van der Waals surface area (Å²) in [5, 5.41) is 12.1. The fourth-order valence-corrected chi connectivity index (χ4v) is 3.60. The van der Waals surface area contributed by atoms with Crippen LogP contribution in [0.2, 0.25) is 0 Å². The standard InChI is InChI=1S/C17H20N2O5/c20-14-7-9-17(19(14)16(23)24-10-15(21)22)8-6-13(18-11-17)12-4-2-1-3-5-12/h1-5,13,18H,6-11H2,(H,21,22). The second-order valence-electron chi connectivity index (χ2n) is 6.28. The molecule has 0 aromatic heterocycles. The highest BCUT2D eigenvalue weighted by atomic mass is 16.6. The van der Waals surface area contributed by atoms with Gasteiger partial charge in [-0.3, -0.25) is 4.79 Å². The molecule has 2 N–H and O–H groups in total. The summed E-state index contributed by atoms with van der Waals surface area (Å²) in [7, 11) is 0. The molecule has 7 nitrogen and oxygen atoms in total. The molecule has 2 unspecified atom stereocenters. The average molecular weight is 332 g/mol. The van der Waals surface area contributed by atoms with Crippen molar-refractivity contribution in [3.8, 4) is 0 Å². The number of amides is 2. The van der Waals surface area contributed by atoms with Gasteiger partial charge in [0.2, 0.25) is 5.91 Å². The summed E-state index contributed by atoms with van der Waals surface area (Å²) >= 11 is 0. The Kier molecular flexibility index (Phi) is 4.53. The fourth-order valence-electron chi connectivity index (χ4n) is 3.60. The van der Waals surface area contributed by atoms with E-state index in [1.165, 1.54) is 5.56 Å². The Balaban J connectivity index is 1.70. The van der Waals surface area contributed by atoms with Gasteiger partial charge < -0.3 is 15.2 Å². The molecular weight excluding hydrogens is 312 g/mol. The van der Waals surface area contributed by atoms with Crippen LogP contribution in [0.3, 0.4) is 0 Å². The molecule has 2 amide bonds. The Morgan fingerprint density at radius 1 is 1.29 bits per heavy atom. The number of hydrogen-bond donors (Lipinski definition) is 2. The number of carbonyl (C=O) groups is 3. The van der Waals surface area contributed by atoms with Crippen LogP contribution in [0.1, 0.15) is 37.3 Å². The number of rotatable bonds is 3. The molecule has 1 aromatic rings. The second kappa shape index (κ2) is 6.60. The average Bonchev–Trinajstić information content (AvgIpc) is 2.90. The van der Waals surface area contributed by atoms with E-state index < -0.39 is 24.2 Å². The Morgan fingerprint density at radius 2 is 2.04 bits per heavy atom. The van der Waals surface area contributed by atoms with Crippen LogP contribution in [0.4, 0.5) is 4.79 Å². The summed E-state index contributed by atoms with van der Waals surface area (Å²) in [5.41, 5.74) is 0.564. The van der Waals surface area contributed by atoms with E-state index in [0.717, 1.165) is 11.3 Å². The van der Waals surface area contributed by atoms with Gasteiger partial charge in [0, 0.05) is 19.0 Å². The molecule has 1 spiro atoms. The van der Waals surface area contributed by atoms with Gasteiger partial charge in [-0.25, -0.2) is 14.5 Å². The molecule has 2 aliphatic rings. The quantitative estimate of drug-likeness (QED) is 0.874. The van der Waals surface area contributed by atoms with Crippen molar-refractivity contribution in [2.45, 2.75) is 37.3 Å². The summed E-state index contributed by atoms with van der Waals surface area (Å²) in [6, 6.07) is 10.2. The third-order valence-electron chi connectivity index (χ3n) is 4.81. The second-order valence-corrected chi connectivity index (χ2v) is 6.28. The topological polar surface area (TPSA) is 95.9 Å². The summed E-state index contributed by atoms with van der Waals surface area (Å²) in [4.78, 5) is 36.0. The third kappa shape index (κ3) is 3.12. The van der Waals surface area contributed by atoms with E-state index in [9.17, 15) is 14.4 Å². The van der Waals surface area contributed by atoms with Crippen molar-refractivity contribution in [1.82, 2.24) is 10.2 Å². The maximum absolute atomic E-state index is 12.2. The zero-order valence-corrected chi connectivity index (χ0v) is 13.2. The monoisotopic (exact) mass is 332 g/mol. The molecule has 2 aliphatic heterocycles. The Labute approximate surface area is 139 Å². The van der Waals surface area contributed by atoms with E-state index in [4.69, 9.17) is 9.84 Å². The van der Waals surface area contributed by atoms with Gasteiger partial charge in [0.1, 0.15) is 0 Å². The predicted molar refractivity (Wildman–Crippen MR) is 84.2 cm³/mol. The lowest BCUT2D eigenvalue weighted by molar-refractivity contribution is -0.142. The smallest absolute Gasteiger partial charge is 0.417 e. The van der Waals surface area contributed by atoms with Gasteiger partial charge in [0.15, 0.2) is 6.61 Å². The molecule has 128 valence electrons. The lowest BCUT2D eigenvalue weighted by Gasteiger charge is -2.42. The number of benzene rings is 1. The van der Waals surface area contributed by atoms with Crippen molar-refractivity contribution in [3.63, 3.8) is 0 Å². The van der Waals surface area contributed by atoms with Gasteiger partial charge in [-0.05, 0) is 24.8 Å². The number of imide groups is 1. The van der Waals surface area contributed by atoms with Crippen LogP contribution in [0.25, 0.3) is 0 Å². The van der Waals surface area contributed by atoms with Crippen LogP contribution >= 0.6 is 0 Å². The van der Waals surface area contributed by atoms with E-state index in [2.05, 4.69) is 5.32 Å². The number of carbonyl (C=O) groups excluding carboxylic acids is 2. The van der Waals surface area contributed by atoms with Gasteiger partial charge in [-0.2, -0.15) is 0 Å². The number of nitrogens with one attached hydrogen (secondary N) is 1. The molecule has 0 bridgehead atoms. The number of carboxylic acids is 1. The van der Waals surface area contributed by atoms with Crippen LogP contribution in [-0.4, -0.2) is 46.7 Å². The lowest BCUT2D eigenvalue weighted by atomic mass is 9.83. The number of hydrogen-bond acceptors (Lipinski definition) is 5. The van der Waals surface area contributed by atoms with E-state index in [1.807, 2.05) is 30.3 Å². The Hall–Kier alpha value is -2.41. The SMILES string of the molecule is O=C(O)COC(=O)N1C(=O)CCC12CCC(c1ccccc1)NC2. The maximum Gasteiger partial charge on any atom is 0.417 e. The van der Waals surface area contributed by atoms with E-state index in [0.29, 0.717) is 19.4 Å². The van der Waals surface area contributed by atoms with Crippen LogP contribution in [0.15, 0.2) is 30.3 Å². The van der Waals surface area contributed by atoms with Gasteiger partial charge in [0.25, 0.3) is 0 Å². The Morgan fingerprint density at radius 3 is 2.67 bits per heavy atom. The third-order valence-corrected chi connectivity index (χ3v) is 4.81. The lowest BCUT2D eigenvalue weighted by Crippen LogP contribution is -2.58. The van der Waals surface area contributed by atoms with Gasteiger partial charge in [-0.1, -0.05) is 30.3 Å². The number of likely N-dealkylation sites (tertiary alicyclic amines) is 1. The largest absolute Gasteiger partial charge is 0.479 e. The summed E-state index contributed by atoms with van der Waals surface area (Å²) in [5.74, 6) is -1.54. The number of piperidine rings is 1. The highest BCUT2D eigenvalue weighted by Gasteiger charge is 2.51. The van der Waals surface area contributed by atoms with Gasteiger partial charge in [-0.15, -0.1) is 0 Å². The van der Waals surface area contributed by atoms with Crippen molar-refractivity contribution >= 4 is 18.0 Å². The van der Waals surface area contributed by atoms with Gasteiger partial charge >= 0.3 is 12.1 Å². The molecule has 0 saturated carbocycles. The zero-order chi connectivity index (χ0) is 17.2.